The molecule has 0 aromatic heterocycles. The Hall–Kier alpha value is -0.540. The number of allylic oxidation sites excluding steroid dienone is 1. The van der Waals surface area contributed by atoms with Crippen molar-refractivity contribution in [1.82, 2.24) is 0 Å². The van der Waals surface area contributed by atoms with Crippen LogP contribution in [0, 0.1) is 34.5 Å². The minimum absolute atomic E-state index is 0.00712. The van der Waals surface area contributed by atoms with Crippen LogP contribution in [-0.2, 0) is 23.7 Å². The Morgan fingerprint density at radius 2 is 1.97 bits per heavy atom. The van der Waals surface area contributed by atoms with Crippen molar-refractivity contribution in [3.05, 3.63) is 11.6 Å². The summed E-state index contributed by atoms with van der Waals surface area (Å²) in [6.45, 7) is 10.3. The van der Waals surface area contributed by atoms with Crippen molar-refractivity contribution in [2.45, 2.75) is 115 Å². The molecule has 2 saturated carbocycles. The van der Waals surface area contributed by atoms with Gasteiger partial charge < -0.3 is 33.9 Å². The lowest BCUT2D eigenvalue weighted by Crippen LogP contribution is -2.66. The average Bonchev–Trinajstić information content (AvgIpc) is 3.22. The molecule has 0 aromatic carbocycles. The molecule has 7 heteroatoms. The molecule has 0 radical (unpaired) electrons. The lowest BCUT2D eigenvalue weighted by Gasteiger charge is -2.63. The number of rotatable bonds is 3. The van der Waals surface area contributed by atoms with Gasteiger partial charge in [-0.3, -0.25) is 0 Å². The smallest absolute Gasteiger partial charge is 0.178 e. The number of ether oxygens (including phenoxy) is 5. The second kappa shape index (κ2) is 8.00. The first kappa shape index (κ1) is 24.5. The first-order valence-electron chi connectivity index (χ1n) is 14.4. The summed E-state index contributed by atoms with van der Waals surface area (Å²) in [6.07, 6.45) is 8.38. The van der Waals surface area contributed by atoms with Crippen LogP contribution >= 0.6 is 0 Å². The Bertz CT molecular complexity index is 939. The van der Waals surface area contributed by atoms with E-state index in [1.54, 1.807) is 0 Å². The monoisotopic (exact) mass is 504 g/mol. The summed E-state index contributed by atoms with van der Waals surface area (Å²) in [6, 6.07) is 0. The molecule has 7 aliphatic rings. The van der Waals surface area contributed by atoms with E-state index in [2.05, 4.69) is 26.8 Å². The number of fused-ring (bicyclic) bond motifs is 3. The van der Waals surface area contributed by atoms with Gasteiger partial charge in [-0.05, 0) is 63.7 Å². The molecule has 2 N–H and O–H groups in total. The highest BCUT2D eigenvalue weighted by atomic mass is 16.7. The van der Waals surface area contributed by atoms with Crippen molar-refractivity contribution in [2.24, 2.45) is 34.5 Å². The highest BCUT2D eigenvalue weighted by molar-refractivity contribution is 5.29. The number of aliphatic hydroxyl groups is 2. The second-order valence-electron chi connectivity index (χ2n) is 13.7. The Kier molecular flexibility index (Phi) is 5.44. The van der Waals surface area contributed by atoms with Gasteiger partial charge in [0.15, 0.2) is 12.1 Å². The van der Waals surface area contributed by atoms with Crippen molar-refractivity contribution in [2.75, 3.05) is 19.8 Å². The fraction of sp³-hybridized carbons (Fsp3) is 0.931. The van der Waals surface area contributed by atoms with Crippen LogP contribution in [0.3, 0.4) is 0 Å². The van der Waals surface area contributed by atoms with E-state index in [9.17, 15) is 10.2 Å². The molecule has 202 valence electrons. The molecule has 13 atom stereocenters. The second-order valence-corrected chi connectivity index (χ2v) is 13.7. The molecule has 36 heavy (non-hydrogen) atoms. The first-order chi connectivity index (χ1) is 17.1. The molecule has 7 rings (SSSR count). The zero-order valence-corrected chi connectivity index (χ0v) is 22.3. The van der Waals surface area contributed by atoms with E-state index in [1.807, 2.05) is 6.92 Å². The first-order valence-corrected chi connectivity index (χ1v) is 14.4. The molecule has 2 bridgehead atoms. The zero-order valence-electron chi connectivity index (χ0n) is 22.3. The molecule has 4 aliphatic heterocycles. The maximum Gasteiger partial charge on any atom is 0.178 e. The summed E-state index contributed by atoms with van der Waals surface area (Å²) in [5, 5.41) is 20.0. The van der Waals surface area contributed by atoms with E-state index < -0.39 is 11.9 Å². The number of hydrogen-bond donors (Lipinski definition) is 2. The van der Waals surface area contributed by atoms with Crippen molar-refractivity contribution in [3.63, 3.8) is 0 Å². The molecule has 0 amide bonds. The van der Waals surface area contributed by atoms with Crippen LogP contribution < -0.4 is 0 Å². The third-order valence-electron chi connectivity index (χ3n) is 11.9. The van der Waals surface area contributed by atoms with E-state index in [1.165, 1.54) is 12.0 Å². The largest absolute Gasteiger partial charge is 0.396 e. The summed E-state index contributed by atoms with van der Waals surface area (Å²) < 4.78 is 32.4. The molecule has 6 fully saturated rings. The quantitative estimate of drug-likeness (QED) is 0.569. The predicted molar refractivity (Wildman–Crippen MR) is 131 cm³/mol. The predicted octanol–water partition coefficient (Wildman–Crippen LogP) is 3.56. The Morgan fingerprint density at radius 1 is 1.14 bits per heavy atom. The lowest BCUT2D eigenvalue weighted by atomic mass is 9.46. The fourth-order valence-corrected chi connectivity index (χ4v) is 10.2. The SMILES string of the molecule is CC1OC(O[C@H]2CC[C@@]3(C)C(=CC[C@@H]4[C@@H]3CC[C@]3(C)[C@H]5[C@H]6CO[C@@]43O[C@]5(C)CO6)C2)CC(CO)C1O. The molecule has 0 aromatic rings. The standard InChI is InChI=1S/C29H44O7/c1-16-24(31)17(13-30)11-23(34-16)35-19-7-9-26(2)18(12-19)5-6-21-20(26)8-10-27(3)25-22-14-33-29(21,27)36-28(25,4)15-32-22/h5,16-17,19-25,30-31H,6-15H2,1-4H3/t16?,17?,19-,20-,21+,22+,23?,24?,25+,26-,27+,28+,29+/m0/s1. The van der Waals surface area contributed by atoms with Crippen molar-refractivity contribution >= 4 is 0 Å². The van der Waals surface area contributed by atoms with Crippen LogP contribution in [0.1, 0.15) is 72.6 Å². The Morgan fingerprint density at radius 3 is 2.78 bits per heavy atom. The topological polar surface area (TPSA) is 86.6 Å². The van der Waals surface area contributed by atoms with Gasteiger partial charge in [-0.15, -0.1) is 0 Å². The number of aliphatic hydroxyl groups excluding tert-OH is 2. The molecule has 0 spiro atoms. The van der Waals surface area contributed by atoms with Gasteiger partial charge in [-0.2, -0.15) is 0 Å². The van der Waals surface area contributed by atoms with E-state index in [4.69, 9.17) is 23.7 Å². The summed E-state index contributed by atoms with van der Waals surface area (Å²) in [5.74, 6) is 0.652. The fourth-order valence-electron chi connectivity index (χ4n) is 10.2. The van der Waals surface area contributed by atoms with Crippen LogP contribution in [0.5, 0.6) is 0 Å². The summed E-state index contributed by atoms with van der Waals surface area (Å²) >= 11 is 0. The molecule has 4 heterocycles. The van der Waals surface area contributed by atoms with Crippen LogP contribution in [-0.4, -0.2) is 72.1 Å². The van der Waals surface area contributed by atoms with Gasteiger partial charge in [0.25, 0.3) is 0 Å². The van der Waals surface area contributed by atoms with Gasteiger partial charge in [0.2, 0.25) is 0 Å². The van der Waals surface area contributed by atoms with Crippen molar-refractivity contribution in [1.29, 1.82) is 0 Å². The zero-order chi connectivity index (χ0) is 25.1. The normalized spacial score (nSPS) is 59.6. The van der Waals surface area contributed by atoms with E-state index >= 15 is 0 Å². The maximum absolute atomic E-state index is 10.3. The highest BCUT2D eigenvalue weighted by Crippen LogP contribution is 2.73. The van der Waals surface area contributed by atoms with Crippen molar-refractivity contribution in [3.8, 4) is 0 Å². The molecule has 7 nitrogen and oxygen atoms in total. The van der Waals surface area contributed by atoms with E-state index in [0.717, 1.165) is 32.1 Å². The van der Waals surface area contributed by atoms with Gasteiger partial charge >= 0.3 is 0 Å². The summed E-state index contributed by atoms with van der Waals surface area (Å²) in [5.41, 5.74) is 1.44. The van der Waals surface area contributed by atoms with Gasteiger partial charge in [-0.1, -0.05) is 25.5 Å². The Labute approximate surface area is 214 Å². The third kappa shape index (κ3) is 3.05. The third-order valence-corrected chi connectivity index (χ3v) is 11.9. The van der Waals surface area contributed by atoms with E-state index in [-0.39, 0.29) is 53.6 Å². The van der Waals surface area contributed by atoms with Gasteiger partial charge in [0, 0.05) is 36.2 Å². The van der Waals surface area contributed by atoms with Gasteiger partial charge in [-0.25, -0.2) is 0 Å². The molecule has 3 aliphatic carbocycles. The molecular weight excluding hydrogens is 460 g/mol. The van der Waals surface area contributed by atoms with E-state index in [0.29, 0.717) is 37.4 Å². The molecule has 4 unspecified atom stereocenters. The Balaban J connectivity index is 1.11. The molecule has 4 saturated heterocycles. The van der Waals surface area contributed by atoms with Crippen molar-refractivity contribution < 1.29 is 33.9 Å². The van der Waals surface area contributed by atoms with Crippen LogP contribution in [0.4, 0.5) is 0 Å². The highest BCUT2D eigenvalue weighted by Gasteiger charge is 2.79. The van der Waals surface area contributed by atoms with Crippen LogP contribution in [0.15, 0.2) is 11.6 Å². The summed E-state index contributed by atoms with van der Waals surface area (Å²) in [4.78, 5) is 0. The average molecular weight is 505 g/mol. The van der Waals surface area contributed by atoms with Crippen LogP contribution in [0.25, 0.3) is 0 Å². The maximum atomic E-state index is 10.3. The summed E-state index contributed by atoms with van der Waals surface area (Å²) in [7, 11) is 0. The minimum atomic E-state index is -0.637. The minimum Gasteiger partial charge on any atom is -0.396 e. The van der Waals surface area contributed by atoms with Gasteiger partial charge in [0.1, 0.15) is 0 Å². The van der Waals surface area contributed by atoms with Crippen LogP contribution in [0.2, 0.25) is 0 Å². The molecular formula is C29H44O7. The lowest BCUT2D eigenvalue weighted by molar-refractivity contribution is -0.363. The number of hydrogen-bond acceptors (Lipinski definition) is 7. The van der Waals surface area contributed by atoms with Gasteiger partial charge in [0.05, 0.1) is 43.2 Å².